The molecule has 0 unspecified atom stereocenters. The van der Waals surface area contributed by atoms with E-state index in [2.05, 4.69) is 30.9 Å². The van der Waals surface area contributed by atoms with Crippen LogP contribution in [0.25, 0.3) is 6.08 Å². The van der Waals surface area contributed by atoms with Gasteiger partial charge >= 0.3 is 0 Å². The van der Waals surface area contributed by atoms with Gasteiger partial charge in [0.25, 0.3) is 0 Å². The molecule has 0 aliphatic carbocycles. The summed E-state index contributed by atoms with van der Waals surface area (Å²) in [6.07, 6.45) is 4.26. The van der Waals surface area contributed by atoms with Gasteiger partial charge in [0.15, 0.2) is 0 Å². The van der Waals surface area contributed by atoms with Crippen LogP contribution in [0.4, 0.5) is 0 Å². The molecule has 0 atom stereocenters. The van der Waals surface area contributed by atoms with Gasteiger partial charge in [0.05, 0.1) is 5.02 Å². The summed E-state index contributed by atoms with van der Waals surface area (Å²) in [5.41, 5.74) is 1.12. The molecule has 0 saturated heterocycles. The summed E-state index contributed by atoms with van der Waals surface area (Å²) in [7, 11) is 4.04. The van der Waals surface area contributed by atoms with Gasteiger partial charge in [-0.25, -0.2) is 0 Å². The summed E-state index contributed by atoms with van der Waals surface area (Å²) >= 11 is 6.11. The molecule has 3 heteroatoms. The molecule has 0 bridgehead atoms. The van der Waals surface area contributed by atoms with Crippen LogP contribution in [0.1, 0.15) is 19.4 Å². The predicted octanol–water partition coefficient (Wildman–Crippen LogP) is 3.95. The maximum Gasteiger partial charge on any atom is 0.138 e. The first-order valence-corrected chi connectivity index (χ1v) is 6.62. The minimum Gasteiger partial charge on any atom is -0.491 e. The minimum atomic E-state index is 0.541. The Labute approximate surface area is 115 Å². The van der Waals surface area contributed by atoms with E-state index in [0.717, 1.165) is 17.9 Å². The number of rotatable bonds is 6. The van der Waals surface area contributed by atoms with Crippen molar-refractivity contribution in [3.05, 3.63) is 34.9 Å². The van der Waals surface area contributed by atoms with Gasteiger partial charge < -0.3 is 9.64 Å². The normalized spacial score (nSPS) is 11.7. The van der Waals surface area contributed by atoms with Gasteiger partial charge in [-0.3, -0.25) is 0 Å². The molecular weight excluding hydrogens is 246 g/mol. The number of benzene rings is 1. The Hall–Kier alpha value is -0.990. The quantitative estimate of drug-likeness (QED) is 0.774. The van der Waals surface area contributed by atoms with E-state index in [4.69, 9.17) is 16.3 Å². The van der Waals surface area contributed by atoms with Crippen LogP contribution in [-0.2, 0) is 0 Å². The first kappa shape index (κ1) is 15.1. The lowest BCUT2D eigenvalue weighted by Gasteiger charge is -2.12. The third-order valence-corrected chi connectivity index (χ3v) is 2.74. The van der Waals surface area contributed by atoms with Crippen LogP contribution in [0.5, 0.6) is 5.75 Å². The van der Waals surface area contributed by atoms with Crippen molar-refractivity contribution in [3.63, 3.8) is 0 Å². The molecule has 0 N–H and O–H groups in total. The van der Waals surface area contributed by atoms with Crippen LogP contribution in [0.2, 0.25) is 5.02 Å². The Morgan fingerprint density at radius 3 is 2.67 bits per heavy atom. The summed E-state index contributed by atoms with van der Waals surface area (Å²) in [6, 6.07) is 5.86. The van der Waals surface area contributed by atoms with Gasteiger partial charge in [-0.1, -0.05) is 43.7 Å². The molecule has 0 aliphatic rings. The molecule has 2 nitrogen and oxygen atoms in total. The Morgan fingerprint density at radius 1 is 1.33 bits per heavy atom. The summed E-state index contributed by atoms with van der Waals surface area (Å²) in [4.78, 5) is 2.08. The van der Waals surface area contributed by atoms with Gasteiger partial charge in [0, 0.05) is 6.54 Å². The number of allylic oxidation sites excluding steroid dienone is 1. The van der Waals surface area contributed by atoms with Crippen LogP contribution in [-0.4, -0.2) is 32.1 Å². The van der Waals surface area contributed by atoms with Crippen LogP contribution in [0, 0.1) is 5.92 Å². The molecule has 18 heavy (non-hydrogen) atoms. The highest BCUT2D eigenvalue weighted by atomic mass is 35.5. The van der Waals surface area contributed by atoms with E-state index in [-0.39, 0.29) is 0 Å². The molecular formula is C15H22ClNO. The third-order valence-electron chi connectivity index (χ3n) is 2.42. The Kier molecular flexibility index (Phi) is 6.23. The van der Waals surface area contributed by atoms with Crippen LogP contribution in [0.3, 0.4) is 0 Å². The first-order chi connectivity index (χ1) is 8.49. The molecule has 0 heterocycles. The topological polar surface area (TPSA) is 12.5 Å². The van der Waals surface area contributed by atoms with E-state index >= 15 is 0 Å². The van der Waals surface area contributed by atoms with Crippen LogP contribution < -0.4 is 4.74 Å². The lowest BCUT2D eigenvalue weighted by molar-refractivity contribution is 0.261. The predicted molar refractivity (Wildman–Crippen MR) is 79.4 cm³/mol. The van der Waals surface area contributed by atoms with Gasteiger partial charge in [0.1, 0.15) is 12.4 Å². The SMILES string of the molecule is CC(C)/C=C/c1ccc(Cl)c(OCCN(C)C)c1. The Bertz CT molecular complexity index is 399. The highest BCUT2D eigenvalue weighted by Crippen LogP contribution is 2.26. The number of hydrogen-bond donors (Lipinski definition) is 0. The number of nitrogens with zero attached hydrogens (tertiary/aromatic N) is 1. The molecule has 0 saturated carbocycles. The van der Waals surface area contributed by atoms with Crippen LogP contribution in [0.15, 0.2) is 24.3 Å². The second-order valence-corrected chi connectivity index (χ2v) is 5.35. The monoisotopic (exact) mass is 267 g/mol. The molecule has 1 aromatic carbocycles. The minimum absolute atomic E-state index is 0.541. The molecule has 1 aromatic rings. The van der Waals surface area contributed by atoms with E-state index in [1.807, 2.05) is 32.3 Å². The summed E-state index contributed by atoms with van der Waals surface area (Å²) in [6.45, 7) is 5.83. The smallest absolute Gasteiger partial charge is 0.138 e. The Balaban J connectivity index is 2.69. The molecule has 0 radical (unpaired) electrons. The molecule has 0 amide bonds. The zero-order valence-electron chi connectivity index (χ0n) is 11.6. The average Bonchev–Trinajstić information content (AvgIpc) is 2.29. The lowest BCUT2D eigenvalue weighted by Crippen LogP contribution is -2.19. The van der Waals surface area contributed by atoms with E-state index in [1.54, 1.807) is 0 Å². The van der Waals surface area contributed by atoms with E-state index in [9.17, 15) is 0 Å². The zero-order chi connectivity index (χ0) is 13.5. The number of likely N-dealkylation sites (N-methyl/N-ethyl adjacent to an activating group) is 1. The molecule has 0 aromatic heterocycles. The second-order valence-electron chi connectivity index (χ2n) is 4.94. The van der Waals surface area contributed by atoms with Gasteiger partial charge in [0.2, 0.25) is 0 Å². The summed E-state index contributed by atoms with van der Waals surface area (Å²) in [5, 5.41) is 0.662. The van der Waals surface area contributed by atoms with Crippen molar-refractivity contribution in [2.45, 2.75) is 13.8 Å². The van der Waals surface area contributed by atoms with E-state index in [1.165, 1.54) is 0 Å². The number of hydrogen-bond acceptors (Lipinski definition) is 2. The van der Waals surface area contributed by atoms with Crippen molar-refractivity contribution < 1.29 is 4.74 Å². The Morgan fingerprint density at radius 2 is 2.06 bits per heavy atom. The third kappa shape index (κ3) is 5.56. The van der Waals surface area contributed by atoms with Crippen molar-refractivity contribution in [2.75, 3.05) is 27.2 Å². The van der Waals surface area contributed by atoms with Gasteiger partial charge in [-0.2, -0.15) is 0 Å². The number of halogens is 1. The van der Waals surface area contributed by atoms with E-state index < -0.39 is 0 Å². The largest absolute Gasteiger partial charge is 0.491 e. The highest BCUT2D eigenvalue weighted by Gasteiger charge is 2.02. The average molecular weight is 268 g/mol. The van der Waals surface area contributed by atoms with Gasteiger partial charge in [-0.05, 0) is 37.7 Å². The van der Waals surface area contributed by atoms with Crippen molar-refractivity contribution >= 4 is 17.7 Å². The first-order valence-electron chi connectivity index (χ1n) is 6.24. The molecule has 0 fully saturated rings. The fourth-order valence-electron chi connectivity index (χ4n) is 1.38. The lowest BCUT2D eigenvalue weighted by atomic mass is 10.1. The number of ether oxygens (including phenoxy) is 1. The van der Waals surface area contributed by atoms with Crippen molar-refractivity contribution in [1.82, 2.24) is 4.90 Å². The van der Waals surface area contributed by atoms with Gasteiger partial charge in [-0.15, -0.1) is 0 Å². The summed E-state index contributed by atoms with van der Waals surface area (Å²) < 4.78 is 5.69. The molecule has 0 aliphatic heterocycles. The standard InChI is InChI=1S/C15H22ClNO/c1-12(2)5-6-13-7-8-14(16)15(11-13)18-10-9-17(3)4/h5-8,11-12H,9-10H2,1-4H3/b6-5+. The summed E-state index contributed by atoms with van der Waals surface area (Å²) in [5.74, 6) is 1.29. The molecule has 100 valence electrons. The zero-order valence-corrected chi connectivity index (χ0v) is 12.4. The van der Waals surface area contributed by atoms with Crippen molar-refractivity contribution in [3.8, 4) is 5.75 Å². The fourth-order valence-corrected chi connectivity index (χ4v) is 1.55. The van der Waals surface area contributed by atoms with E-state index in [0.29, 0.717) is 17.5 Å². The van der Waals surface area contributed by atoms with Crippen molar-refractivity contribution in [1.29, 1.82) is 0 Å². The maximum atomic E-state index is 6.11. The fraction of sp³-hybridized carbons (Fsp3) is 0.467. The second kappa shape index (κ2) is 7.45. The molecule has 0 spiro atoms. The van der Waals surface area contributed by atoms with Crippen molar-refractivity contribution in [2.24, 2.45) is 5.92 Å². The highest BCUT2D eigenvalue weighted by molar-refractivity contribution is 6.32. The molecule has 1 rings (SSSR count). The maximum absolute atomic E-state index is 6.11. The van der Waals surface area contributed by atoms with Crippen LogP contribution >= 0.6 is 11.6 Å².